The quantitative estimate of drug-likeness (QED) is 0.790. The predicted octanol–water partition coefficient (Wildman–Crippen LogP) is 2.10. The van der Waals surface area contributed by atoms with Crippen LogP contribution in [0.25, 0.3) is 0 Å². The van der Waals surface area contributed by atoms with Crippen molar-refractivity contribution in [1.29, 1.82) is 0 Å². The third-order valence-corrected chi connectivity index (χ3v) is 2.46. The molecular weight excluding hydrogens is 216 g/mol. The molecular formula is C11H13F2NO2. The highest BCUT2D eigenvalue weighted by Gasteiger charge is 2.18. The Hall–Kier alpha value is -1.36. The van der Waals surface area contributed by atoms with Crippen LogP contribution in [0.3, 0.4) is 0 Å². The van der Waals surface area contributed by atoms with Crippen LogP contribution < -0.4 is 10.5 Å². The van der Waals surface area contributed by atoms with Crippen molar-refractivity contribution in [3.05, 3.63) is 23.8 Å². The standard InChI is InChI=1S/C11H13F2NO2/c12-8-5-11(9(13)4-10(8)14)16-7-2-1-3-15-6-7/h4-5,7H,1-3,6,14H2. The molecule has 1 atom stereocenters. The largest absolute Gasteiger partial charge is 0.485 e. The van der Waals surface area contributed by atoms with E-state index in [0.29, 0.717) is 13.2 Å². The van der Waals surface area contributed by atoms with Gasteiger partial charge in [-0.3, -0.25) is 0 Å². The van der Waals surface area contributed by atoms with Crippen molar-refractivity contribution in [2.24, 2.45) is 0 Å². The average molecular weight is 229 g/mol. The summed E-state index contributed by atoms with van der Waals surface area (Å²) in [5, 5.41) is 0. The zero-order valence-corrected chi connectivity index (χ0v) is 8.71. The third kappa shape index (κ3) is 2.41. The topological polar surface area (TPSA) is 44.5 Å². The van der Waals surface area contributed by atoms with Crippen LogP contribution in [0.4, 0.5) is 14.5 Å². The number of anilines is 1. The van der Waals surface area contributed by atoms with E-state index in [1.165, 1.54) is 0 Å². The molecule has 0 bridgehead atoms. The van der Waals surface area contributed by atoms with Gasteiger partial charge in [0.25, 0.3) is 0 Å². The van der Waals surface area contributed by atoms with Gasteiger partial charge in [-0.1, -0.05) is 0 Å². The van der Waals surface area contributed by atoms with Gasteiger partial charge in [0.05, 0.1) is 12.3 Å². The Morgan fingerprint density at radius 1 is 1.31 bits per heavy atom. The maximum atomic E-state index is 13.4. The molecule has 2 N–H and O–H groups in total. The lowest BCUT2D eigenvalue weighted by Gasteiger charge is -2.23. The smallest absolute Gasteiger partial charge is 0.167 e. The van der Waals surface area contributed by atoms with Gasteiger partial charge in [0.1, 0.15) is 11.9 Å². The second-order valence-electron chi connectivity index (χ2n) is 3.76. The van der Waals surface area contributed by atoms with Crippen molar-refractivity contribution in [1.82, 2.24) is 0 Å². The van der Waals surface area contributed by atoms with Gasteiger partial charge in [-0.25, -0.2) is 8.78 Å². The molecule has 0 aromatic heterocycles. The fraction of sp³-hybridized carbons (Fsp3) is 0.455. The fourth-order valence-corrected chi connectivity index (χ4v) is 1.62. The normalized spacial score (nSPS) is 20.8. The van der Waals surface area contributed by atoms with E-state index in [9.17, 15) is 8.78 Å². The minimum atomic E-state index is -0.673. The number of nitrogens with two attached hydrogens (primary N) is 1. The molecule has 0 aliphatic carbocycles. The highest BCUT2D eigenvalue weighted by atomic mass is 19.1. The summed E-state index contributed by atoms with van der Waals surface area (Å²) in [6.07, 6.45) is 1.43. The van der Waals surface area contributed by atoms with Crippen LogP contribution in [0.1, 0.15) is 12.8 Å². The summed E-state index contributed by atoms with van der Waals surface area (Å²) >= 11 is 0. The molecule has 88 valence electrons. The number of hydrogen-bond donors (Lipinski definition) is 1. The van der Waals surface area contributed by atoms with Gasteiger partial charge < -0.3 is 15.2 Å². The molecule has 1 aromatic carbocycles. The number of halogens is 2. The molecule has 1 saturated heterocycles. The highest BCUT2D eigenvalue weighted by Crippen LogP contribution is 2.25. The van der Waals surface area contributed by atoms with E-state index in [4.69, 9.17) is 15.2 Å². The summed E-state index contributed by atoms with van der Waals surface area (Å²) in [5.41, 5.74) is 5.01. The molecule has 3 nitrogen and oxygen atoms in total. The lowest BCUT2D eigenvalue weighted by molar-refractivity contribution is 0.00576. The number of hydrogen-bond acceptors (Lipinski definition) is 3. The van der Waals surface area contributed by atoms with Gasteiger partial charge in [-0.05, 0) is 12.8 Å². The van der Waals surface area contributed by atoms with Crippen LogP contribution in [-0.4, -0.2) is 19.3 Å². The molecule has 0 saturated carbocycles. The van der Waals surface area contributed by atoms with Crippen molar-refractivity contribution in [3.63, 3.8) is 0 Å². The van der Waals surface area contributed by atoms with Gasteiger partial charge in [0, 0.05) is 18.7 Å². The fourth-order valence-electron chi connectivity index (χ4n) is 1.62. The van der Waals surface area contributed by atoms with E-state index >= 15 is 0 Å². The number of benzene rings is 1. The summed E-state index contributed by atoms with van der Waals surface area (Å²) < 4.78 is 37.0. The Morgan fingerprint density at radius 3 is 2.81 bits per heavy atom. The molecule has 16 heavy (non-hydrogen) atoms. The Balaban J connectivity index is 2.11. The first-order valence-corrected chi connectivity index (χ1v) is 5.16. The lowest BCUT2D eigenvalue weighted by Crippen LogP contribution is -2.28. The molecule has 1 heterocycles. The molecule has 0 spiro atoms. The van der Waals surface area contributed by atoms with Crippen molar-refractivity contribution < 1.29 is 18.3 Å². The van der Waals surface area contributed by atoms with Crippen LogP contribution in [-0.2, 0) is 4.74 Å². The van der Waals surface area contributed by atoms with E-state index in [2.05, 4.69) is 0 Å². The molecule has 1 aliphatic heterocycles. The van der Waals surface area contributed by atoms with Crippen molar-refractivity contribution >= 4 is 5.69 Å². The Morgan fingerprint density at radius 2 is 2.12 bits per heavy atom. The molecule has 0 radical (unpaired) electrons. The first-order chi connectivity index (χ1) is 7.66. The summed E-state index contributed by atoms with van der Waals surface area (Å²) in [4.78, 5) is 0. The zero-order chi connectivity index (χ0) is 11.5. The summed E-state index contributed by atoms with van der Waals surface area (Å²) in [7, 11) is 0. The molecule has 1 fully saturated rings. The van der Waals surface area contributed by atoms with Gasteiger partial charge in [-0.15, -0.1) is 0 Å². The van der Waals surface area contributed by atoms with Crippen molar-refractivity contribution in [3.8, 4) is 5.75 Å². The van der Waals surface area contributed by atoms with E-state index in [1.54, 1.807) is 0 Å². The lowest BCUT2D eigenvalue weighted by atomic mass is 10.2. The van der Waals surface area contributed by atoms with E-state index in [-0.39, 0.29) is 17.5 Å². The Bertz CT molecular complexity index is 378. The first-order valence-electron chi connectivity index (χ1n) is 5.16. The molecule has 5 heteroatoms. The molecule has 1 unspecified atom stereocenters. The molecule has 1 aromatic rings. The molecule has 0 amide bonds. The van der Waals surface area contributed by atoms with E-state index in [1.807, 2.05) is 0 Å². The van der Waals surface area contributed by atoms with Crippen LogP contribution in [0.15, 0.2) is 12.1 Å². The SMILES string of the molecule is Nc1cc(F)c(OC2CCCOC2)cc1F. The minimum Gasteiger partial charge on any atom is -0.485 e. The van der Waals surface area contributed by atoms with Crippen LogP contribution in [0.2, 0.25) is 0 Å². The number of nitrogen functional groups attached to an aromatic ring is 1. The van der Waals surface area contributed by atoms with Crippen LogP contribution >= 0.6 is 0 Å². The van der Waals surface area contributed by atoms with Gasteiger partial charge in [-0.2, -0.15) is 0 Å². The third-order valence-electron chi connectivity index (χ3n) is 2.46. The van der Waals surface area contributed by atoms with E-state index < -0.39 is 11.6 Å². The predicted molar refractivity (Wildman–Crippen MR) is 55.2 cm³/mol. The minimum absolute atomic E-state index is 0.109. The summed E-state index contributed by atoms with van der Waals surface area (Å²) in [6.45, 7) is 1.10. The van der Waals surface area contributed by atoms with Gasteiger partial charge in [0.15, 0.2) is 11.6 Å². The number of ether oxygens (including phenoxy) is 2. The number of rotatable bonds is 2. The average Bonchev–Trinajstić information content (AvgIpc) is 2.27. The second-order valence-corrected chi connectivity index (χ2v) is 3.76. The molecule has 2 rings (SSSR count). The highest BCUT2D eigenvalue weighted by molar-refractivity contribution is 5.44. The second kappa shape index (κ2) is 4.65. The Kier molecular flexibility index (Phi) is 3.24. The summed E-state index contributed by atoms with van der Waals surface area (Å²) in [6, 6.07) is 1.90. The van der Waals surface area contributed by atoms with Crippen LogP contribution in [0.5, 0.6) is 5.75 Å². The van der Waals surface area contributed by atoms with Crippen molar-refractivity contribution in [2.45, 2.75) is 18.9 Å². The van der Waals surface area contributed by atoms with Gasteiger partial charge in [0.2, 0.25) is 0 Å². The monoisotopic (exact) mass is 229 g/mol. The maximum Gasteiger partial charge on any atom is 0.167 e. The first kappa shape index (κ1) is 11.1. The maximum absolute atomic E-state index is 13.4. The summed E-state index contributed by atoms with van der Waals surface area (Å²) in [5.74, 6) is -1.43. The van der Waals surface area contributed by atoms with E-state index in [0.717, 1.165) is 25.0 Å². The molecule has 1 aliphatic rings. The Labute approximate surface area is 92.1 Å². The van der Waals surface area contributed by atoms with Crippen LogP contribution in [0, 0.1) is 11.6 Å². The van der Waals surface area contributed by atoms with Crippen molar-refractivity contribution in [2.75, 3.05) is 18.9 Å². The zero-order valence-electron chi connectivity index (χ0n) is 8.71. The van der Waals surface area contributed by atoms with Gasteiger partial charge >= 0.3 is 0 Å².